The Morgan fingerprint density at radius 3 is 3.00 bits per heavy atom. The highest BCUT2D eigenvalue weighted by atomic mass is 32.2. The van der Waals surface area contributed by atoms with Gasteiger partial charge in [0.15, 0.2) is 0 Å². The van der Waals surface area contributed by atoms with Crippen molar-refractivity contribution in [1.29, 1.82) is 0 Å². The molecular weight excluding hydrogens is 196 g/mol. The first-order valence-electron chi connectivity index (χ1n) is 5.45. The Bertz CT molecular complexity index is 200. The van der Waals surface area contributed by atoms with Gasteiger partial charge in [0.25, 0.3) is 0 Å². The third-order valence-electron chi connectivity index (χ3n) is 2.82. The van der Waals surface area contributed by atoms with Crippen LogP contribution in [0.2, 0.25) is 0 Å². The number of hydrogen-bond acceptors (Lipinski definition) is 3. The lowest BCUT2D eigenvalue weighted by atomic mass is 10.2. The molecule has 1 saturated carbocycles. The molecule has 1 heterocycles. The van der Waals surface area contributed by atoms with Gasteiger partial charge >= 0.3 is 0 Å². The van der Waals surface area contributed by atoms with Gasteiger partial charge in [-0.25, -0.2) is 0 Å². The predicted octanol–water partition coefficient (Wildman–Crippen LogP) is 0.955. The zero-order chi connectivity index (χ0) is 9.80. The van der Waals surface area contributed by atoms with Crippen LogP contribution in [0.1, 0.15) is 25.7 Å². The SMILES string of the molecule is O=C(NCCCC1CC1)C1CSCN1. The first kappa shape index (κ1) is 10.3. The molecule has 0 aromatic carbocycles. The third-order valence-corrected chi connectivity index (χ3v) is 3.76. The fraction of sp³-hybridized carbons (Fsp3) is 0.900. The van der Waals surface area contributed by atoms with Gasteiger partial charge in [-0.15, -0.1) is 11.8 Å². The van der Waals surface area contributed by atoms with Crippen molar-refractivity contribution in [3.63, 3.8) is 0 Å². The van der Waals surface area contributed by atoms with Crippen LogP contribution in [0.3, 0.4) is 0 Å². The molecule has 0 bridgehead atoms. The molecule has 1 unspecified atom stereocenters. The van der Waals surface area contributed by atoms with Gasteiger partial charge in [-0.1, -0.05) is 12.8 Å². The number of amides is 1. The number of nitrogens with one attached hydrogen (secondary N) is 2. The van der Waals surface area contributed by atoms with Gasteiger partial charge < -0.3 is 5.32 Å². The number of carbonyl (C=O) groups excluding carboxylic acids is 1. The molecule has 0 spiro atoms. The Kier molecular flexibility index (Phi) is 3.70. The highest BCUT2D eigenvalue weighted by Crippen LogP contribution is 2.33. The average molecular weight is 214 g/mol. The summed E-state index contributed by atoms with van der Waals surface area (Å²) < 4.78 is 0. The molecule has 2 fully saturated rings. The molecule has 14 heavy (non-hydrogen) atoms. The summed E-state index contributed by atoms with van der Waals surface area (Å²) in [6.45, 7) is 0.859. The van der Waals surface area contributed by atoms with Crippen molar-refractivity contribution in [3.05, 3.63) is 0 Å². The van der Waals surface area contributed by atoms with Gasteiger partial charge in [0, 0.05) is 18.2 Å². The van der Waals surface area contributed by atoms with E-state index in [1.54, 1.807) is 11.8 Å². The van der Waals surface area contributed by atoms with Crippen LogP contribution in [-0.2, 0) is 4.79 Å². The summed E-state index contributed by atoms with van der Waals surface area (Å²) in [7, 11) is 0. The van der Waals surface area contributed by atoms with Gasteiger partial charge in [0.1, 0.15) is 0 Å². The highest BCUT2D eigenvalue weighted by molar-refractivity contribution is 7.99. The first-order chi connectivity index (χ1) is 6.86. The number of hydrogen-bond donors (Lipinski definition) is 2. The topological polar surface area (TPSA) is 41.1 Å². The van der Waals surface area contributed by atoms with E-state index in [1.807, 2.05) is 0 Å². The summed E-state index contributed by atoms with van der Waals surface area (Å²) in [4.78, 5) is 11.5. The van der Waals surface area contributed by atoms with E-state index in [1.165, 1.54) is 19.3 Å². The van der Waals surface area contributed by atoms with Crippen molar-refractivity contribution in [2.75, 3.05) is 18.2 Å². The molecule has 2 aliphatic rings. The number of thioether (sulfide) groups is 1. The van der Waals surface area contributed by atoms with E-state index in [0.717, 1.165) is 30.5 Å². The molecule has 3 nitrogen and oxygen atoms in total. The molecule has 1 aliphatic heterocycles. The smallest absolute Gasteiger partial charge is 0.238 e. The Morgan fingerprint density at radius 1 is 1.50 bits per heavy atom. The second kappa shape index (κ2) is 5.03. The molecular formula is C10H18N2OS. The fourth-order valence-electron chi connectivity index (χ4n) is 1.70. The molecule has 2 N–H and O–H groups in total. The Hall–Kier alpha value is -0.220. The summed E-state index contributed by atoms with van der Waals surface area (Å²) in [6.07, 6.45) is 5.27. The van der Waals surface area contributed by atoms with E-state index < -0.39 is 0 Å². The first-order valence-corrected chi connectivity index (χ1v) is 6.60. The molecule has 1 saturated heterocycles. The lowest BCUT2D eigenvalue weighted by Gasteiger charge is -2.09. The minimum absolute atomic E-state index is 0.0564. The van der Waals surface area contributed by atoms with Crippen LogP contribution in [-0.4, -0.2) is 30.1 Å². The number of rotatable bonds is 5. The van der Waals surface area contributed by atoms with Crippen LogP contribution in [0, 0.1) is 5.92 Å². The van der Waals surface area contributed by atoms with E-state index in [9.17, 15) is 4.79 Å². The van der Waals surface area contributed by atoms with Gasteiger partial charge in [-0.05, 0) is 18.8 Å². The molecule has 80 valence electrons. The summed E-state index contributed by atoms with van der Waals surface area (Å²) in [5, 5.41) is 6.16. The van der Waals surface area contributed by atoms with Gasteiger partial charge in [0.05, 0.1) is 6.04 Å². The van der Waals surface area contributed by atoms with Crippen molar-refractivity contribution in [1.82, 2.24) is 10.6 Å². The summed E-state index contributed by atoms with van der Waals surface area (Å²) in [5.74, 6) is 3.01. The molecule has 4 heteroatoms. The van der Waals surface area contributed by atoms with E-state index in [0.29, 0.717) is 0 Å². The maximum atomic E-state index is 11.5. The molecule has 0 radical (unpaired) electrons. The zero-order valence-corrected chi connectivity index (χ0v) is 9.24. The lowest BCUT2D eigenvalue weighted by Crippen LogP contribution is -2.42. The normalized spacial score (nSPS) is 26.4. The maximum absolute atomic E-state index is 11.5. The third kappa shape index (κ3) is 3.17. The lowest BCUT2D eigenvalue weighted by molar-refractivity contribution is -0.122. The Balaban J connectivity index is 1.52. The molecule has 1 atom stereocenters. The van der Waals surface area contributed by atoms with Crippen molar-refractivity contribution >= 4 is 17.7 Å². The minimum atomic E-state index is 0.0564. The van der Waals surface area contributed by atoms with Crippen molar-refractivity contribution in [2.24, 2.45) is 5.92 Å². The van der Waals surface area contributed by atoms with E-state index >= 15 is 0 Å². The van der Waals surface area contributed by atoms with E-state index in [-0.39, 0.29) is 11.9 Å². The van der Waals surface area contributed by atoms with E-state index in [2.05, 4.69) is 10.6 Å². The van der Waals surface area contributed by atoms with Crippen LogP contribution in [0.5, 0.6) is 0 Å². The number of carbonyl (C=O) groups is 1. The molecule has 2 rings (SSSR count). The molecule has 0 aromatic rings. The summed E-state index contributed by atoms with van der Waals surface area (Å²) in [6, 6.07) is 0.0564. The van der Waals surface area contributed by atoms with Gasteiger partial charge in [0.2, 0.25) is 5.91 Å². The Morgan fingerprint density at radius 2 is 2.36 bits per heavy atom. The average Bonchev–Trinajstić information content (AvgIpc) is 2.84. The van der Waals surface area contributed by atoms with Crippen LogP contribution < -0.4 is 10.6 Å². The van der Waals surface area contributed by atoms with Crippen LogP contribution in [0.4, 0.5) is 0 Å². The second-order valence-corrected chi connectivity index (χ2v) is 5.18. The van der Waals surface area contributed by atoms with Crippen LogP contribution in [0.25, 0.3) is 0 Å². The summed E-state index contributed by atoms with van der Waals surface area (Å²) in [5.41, 5.74) is 0. The minimum Gasteiger partial charge on any atom is -0.355 e. The monoisotopic (exact) mass is 214 g/mol. The summed E-state index contributed by atoms with van der Waals surface area (Å²) >= 11 is 1.79. The highest BCUT2D eigenvalue weighted by Gasteiger charge is 2.23. The van der Waals surface area contributed by atoms with Crippen molar-refractivity contribution in [3.8, 4) is 0 Å². The molecule has 0 aromatic heterocycles. The maximum Gasteiger partial charge on any atom is 0.238 e. The van der Waals surface area contributed by atoms with Gasteiger partial charge in [-0.2, -0.15) is 0 Å². The van der Waals surface area contributed by atoms with Crippen LogP contribution in [0.15, 0.2) is 0 Å². The molecule has 1 aliphatic carbocycles. The molecule has 1 amide bonds. The predicted molar refractivity (Wildman–Crippen MR) is 59.2 cm³/mol. The van der Waals surface area contributed by atoms with Crippen molar-refractivity contribution in [2.45, 2.75) is 31.7 Å². The fourth-order valence-corrected chi connectivity index (χ4v) is 2.64. The van der Waals surface area contributed by atoms with Crippen molar-refractivity contribution < 1.29 is 4.79 Å². The quantitative estimate of drug-likeness (QED) is 0.670. The van der Waals surface area contributed by atoms with Gasteiger partial charge in [-0.3, -0.25) is 10.1 Å². The zero-order valence-electron chi connectivity index (χ0n) is 8.42. The standard InChI is InChI=1S/C10H18N2OS/c13-10(9-6-14-7-12-9)11-5-1-2-8-3-4-8/h8-9,12H,1-7H2,(H,11,13). The van der Waals surface area contributed by atoms with Crippen LogP contribution >= 0.6 is 11.8 Å². The second-order valence-electron chi connectivity index (χ2n) is 4.15. The Labute approximate surface area is 89.4 Å². The largest absolute Gasteiger partial charge is 0.355 e. The van der Waals surface area contributed by atoms with E-state index in [4.69, 9.17) is 0 Å².